The molecule has 1 aliphatic rings. The molecule has 0 N–H and O–H groups in total. The van der Waals surface area contributed by atoms with Crippen molar-refractivity contribution in [2.75, 3.05) is 11.4 Å². The van der Waals surface area contributed by atoms with Gasteiger partial charge >= 0.3 is 6.18 Å². The monoisotopic (exact) mass is 268 g/mol. The van der Waals surface area contributed by atoms with E-state index in [4.69, 9.17) is 5.26 Å². The number of rotatable bonds is 1. The van der Waals surface area contributed by atoms with Crippen molar-refractivity contribution < 1.29 is 13.2 Å². The summed E-state index contributed by atoms with van der Waals surface area (Å²) in [4.78, 5) is 2.03. The molecule has 0 amide bonds. The molecular weight excluding hydrogens is 253 g/mol. The van der Waals surface area contributed by atoms with E-state index < -0.39 is 11.7 Å². The third-order valence-corrected chi connectivity index (χ3v) is 3.56. The zero-order valence-electron chi connectivity index (χ0n) is 10.7. The van der Waals surface area contributed by atoms with Gasteiger partial charge in [0.1, 0.15) is 6.07 Å². The fourth-order valence-electron chi connectivity index (χ4n) is 2.51. The summed E-state index contributed by atoms with van der Waals surface area (Å²) in [7, 11) is 0. The third kappa shape index (κ3) is 2.83. The van der Waals surface area contributed by atoms with Crippen molar-refractivity contribution in [3.63, 3.8) is 0 Å². The lowest BCUT2D eigenvalue weighted by Crippen LogP contribution is -2.37. The van der Waals surface area contributed by atoms with Crippen molar-refractivity contribution in [3.05, 3.63) is 29.3 Å². The Labute approximate surface area is 110 Å². The maximum atomic E-state index is 12.6. The van der Waals surface area contributed by atoms with Crippen LogP contribution in [0.5, 0.6) is 0 Å². The van der Waals surface area contributed by atoms with Crippen LogP contribution in [-0.4, -0.2) is 12.6 Å². The first kappa shape index (κ1) is 13.7. The van der Waals surface area contributed by atoms with Gasteiger partial charge in [-0.3, -0.25) is 0 Å². The van der Waals surface area contributed by atoms with E-state index in [0.29, 0.717) is 5.69 Å². The molecule has 1 heterocycles. The Balaban J connectivity index is 2.39. The highest BCUT2D eigenvalue weighted by Gasteiger charge is 2.32. The van der Waals surface area contributed by atoms with Gasteiger partial charge in [-0.2, -0.15) is 18.4 Å². The van der Waals surface area contributed by atoms with E-state index in [-0.39, 0.29) is 11.6 Å². The number of piperidine rings is 1. The summed E-state index contributed by atoms with van der Waals surface area (Å²) in [6.45, 7) is 2.83. The fourth-order valence-corrected chi connectivity index (χ4v) is 2.51. The van der Waals surface area contributed by atoms with Gasteiger partial charge < -0.3 is 4.90 Å². The molecule has 2 nitrogen and oxygen atoms in total. The summed E-state index contributed by atoms with van der Waals surface area (Å²) in [5.74, 6) is 0. The van der Waals surface area contributed by atoms with Crippen LogP contribution in [0.15, 0.2) is 18.2 Å². The molecule has 1 atom stereocenters. The van der Waals surface area contributed by atoms with Gasteiger partial charge in [-0.15, -0.1) is 0 Å². The summed E-state index contributed by atoms with van der Waals surface area (Å²) < 4.78 is 37.9. The van der Waals surface area contributed by atoms with Crippen LogP contribution in [0.1, 0.15) is 37.3 Å². The van der Waals surface area contributed by atoms with Crippen molar-refractivity contribution in [1.82, 2.24) is 0 Å². The first-order chi connectivity index (χ1) is 8.93. The van der Waals surface area contributed by atoms with Crippen molar-refractivity contribution in [2.24, 2.45) is 0 Å². The maximum absolute atomic E-state index is 12.6. The van der Waals surface area contributed by atoms with E-state index >= 15 is 0 Å². The molecule has 1 aromatic carbocycles. The Morgan fingerprint density at radius 2 is 2.05 bits per heavy atom. The number of benzene rings is 1. The lowest BCUT2D eigenvalue weighted by atomic mass is 10.0. The number of anilines is 1. The molecule has 0 spiro atoms. The summed E-state index contributed by atoms with van der Waals surface area (Å²) in [5.41, 5.74) is -0.0521. The second kappa shape index (κ2) is 5.12. The van der Waals surface area contributed by atoms with Crippen molar-refractivity contribution in [2.45, 2.75) is 38.4 Å². The average molecular weight is 268 g/mol. The number of halogens is 3. The SMILES string of the molecule is CC1CCCCN1c1ccc(C(F)(F)F)cc1C#N. The molecule has 1 unspecified atom stereocenters. The van der Waals surface area contributed by atoms with E-state index in [1.807, 2.05) is 17.9 Å². The van der Waals surface area contributed by atoms with E-state index in [1.54, 1.807) is 0 Å². The molecule has 0 aliphatic carbocycles. The predicted octanol–water partition coefficient (Wildman–Crippen LogP) is 3.96. The van der Waals surface area contributed by atoms with Crippen LogP contribution in [-0.2, 0) is 6.18 Å². The van der Waals surface area contributed by atoms with Gasteiger partial charge in [-0.05, 0) is 44.4 Å². The van der Waals surface area contributed by atoms with Crippen molar-refractivity contribution in [3.8, 4) is 6.07 Å². The van der Waals surface area contributed by atoms with E-state index in [2.05, 4.69) is 0 Å². The molecule has 0 bridgehead atoms. The van der Waals surface area contributed by atoms with Gasteiger partial charge in [0, 0.05) is 12.6 Å². The maximum Gasteiger partial charge on any atom is 0.416 e. The molecule has 0 radical (unpaired) electrons. The smallest absolute Gasteiger partial charge is 0.368 e. The highest BCUT2D eigenvalue weighted by Crippen LogP contribution is 2.34. The molecule has 1 saturated heterocycles. The number of hydrogen-bond acceptors (Lipinski definition) is 2. The molecule has 1 aliphatic heterocycles. The van der Waals surface area contributed by atoms with E-state index in [0.717, 1.165) is 37.9 Å². The van der Waals surface area contributed by atoms with Crippen LogP contribution in [0.3, 0.4) is 0 Å². The third-order valence-electron chi connectivity index (χ3n) is 3.56. The molecule has 1 fully saturated rings. The average Bonchev–Trinajstić information content (AvgIpc) is 2.37. The van der Waals surface area contributed by atoms with Crippen LogP contribution in [0.4, 0.5) is 18.9 Å². The van der Waals surface area contributed by atoms with Gasteiger partial charge in [0.15, 0.2) is 0 Å². The Kier molecular flexibility index (Phi) is 3.70. The van der Waals surface area contributed by atoms with Gasteiger partial charge in [0.25, 0.3) is 0 Å². The van der Waals surface area contributed by atoms with Gasteiger partial charge in [0.05, 0.1) is 16.8 Å². The molecule has 0 saturated carbocycles. The van der Waals surface area contributed by atoms with Crippen LogP contribution < -0.4 is 4.90 Å². The first-order valence-electron chi connectivity index (χ1n) is 6.31. The second-order valence-corrected chi connectivity index (χ2v) is 4.88. The van der Waals surface area contributed by atoms with Gasteiger partial charge in [0.2, 0.25) is 0 Å². The lowest BCUT2D eigenvalue weighted by Gasteiger charge is -2.36. The minimum Gasteiger partial charge on any atom is -0.368 e. The van der Waals surface area contributed by atoms with E-state index in [1.165, 1.54) is 6.07 Å². The fraction of sp³-hybridized carbons (Fsp3) is 0.500. The number of nitriles is 1. The first-order valence-corrected chi connectivity index (χ1v) is 6.31. The largest absolute Gasteiger partial charge is 0.416 e. The zero-order valence-corrected chi connectivity index (χ0v) is 10.7. The van der Waals surface area contributed by atoms with Crippen LogP contribution in [0.25, 0.3) is 0 Å². The number of hydrogen-bond donors (Lipinski definition) is 0. The summed E-state index contributed by atoms with van der Waals surface area (Å²) in [6.07, 6.45) is -1.26. The Morgan fingerprint density at radius 1 is 1.32 bits per heavy atom. The van der Waals surface area contributed by atoms with Crippen LogP contribution in [0.2, 0.25) is 0 Å². The zero-order chi connectivity index (χ0) is 14.0. The normalized spacial score (nSPS) is 20.2. The molecule has 19 heavy (non-hydrogen) atoms. The Morgan fingerprint density at radius 3 is 2.63 bits per heavy atom. The van der Waals surface area contributed by atoms with E-state index in [9.17, 15) is 13.2 Å². The van der Waals surface area contributed by atoms with Crippen molar-refractivity contribution >= 4 is 5.69 Å². The molecule has 5 heteroatoms. The standard InChI is InChI=1S/C14H15F3N2/c1-10-4-2-3-7-19(10)13-6-5-12(14(15,16)17)8-11(13)9-18/h5-6,8,10H,2-4,7H2,1H3. The highest BCUT2D eigenvalue weighted by molar-refractivity contribution is 5.61. The molecule has 0 aromatic heterocycles. The lowest BCUT2D eigenvalue weighted by molar-refractivity contribution is -0.137. The quantitative estimate of drug-likeness (QED) is 0.771. The summed E-state index contributed by atoms with van der Waals surface area (Å²) in [5, 5.41) is 9.08. The van der Waals surface area contributed by atoms with Crippen LogP contribution >= 0.6 is 0 Å². The molecule has 1 aromatic rings. The summed E-state index contributed by atoms with van der Waals surface area (Å²) in [6, 6.07) is 5.56. The van der Waals surface area contributed by atoms with Gasteiger partial charge in [-0.1, -0.05) is 0 Å². The number of alkyl halides is 3. The Bertz CT molecular complexity index is 502. The Hall–Kier alpha value is -1.70. The molecule has 102 valence electrons. The predicted molar refractivity (Wildman–Crippen MR) is 66.8 cm³/mol. The highest BCUT2D eigenvalue weighted by atomic mass is 19.4. The molecule has 2 rings (SSSR count). The van der Waals surface area contributed by atoms with Gasteiger partial charge in [-0.25, -0.2) is 0 Å². The minimum absolute atomic E-state index is 0.101. The second-order valence-electron chi connectivity index (χ2n) is 4.88. The topological polar surface area (TPSA) is 27.0 Å². The summed E-state index contributed by atoms with van der Waals surface area (Å²) >= 11 is 0. The molecular formula is C14H15F3N2. The minimum atomic E-state index is -4.41. The van der Waals surface area contributed by atoms with Crippen LogP contribution in [0, 0.1) is 11.3 Å². The van der Waals surface area contributed by atoms with Crippen molar-refractivity contribution in [1.29, 1.82) is 5.26 Å². The number of nitrogens with zero attached hydrogens (tertiary/aromatic N) is 2.